The van der Waals surface area contributed by atoms with Crippen molar-refractivity contribution in [2.45, 2.75) is 129 Å². The Morgan fingerprint density at radius 1 is 0.791 bits per heavy atom. The Balaban J connectivity index is 1.11. The average Bonchev–Trinajstić information content (AvgIpc) is 3.71. The van der Waals surface area contributed by atoms with E-state index < -0.39 is 24.5 Å². The van der Waals surface area contributed by atoms with Gasteiger partial charge in [-0.3, -0.25) is 24.0 Å². The number of amides is 5. The molecule has 0 aliphatic carbocycles. The van der Waals surface area contributed by atoms with Crippen molar-refractivity contribution in [1.82, 2.24) is 30.9 Å². The van der Waals surface area contributed by atoms with E-state index in [4.69, 9.17) is 16.3 Å². The molecule has 3 aromatic carbocycles. The number of thiol groups is 1. The summed E-state index contributed by atoms with van der Waals surface area (Å²) in [6.07, 6.45) is 7.58. The molecule has 0 radical (unpaired) electrons. The number of anilines is 2. The zero-order valence-corrected chi connectivity index (χ0v) is 41.8. The van der Waals surface area contributed by atoms with Crippen molar-refractivity contribution in [2.24, 2.45) is 5.92 Å². The van der Waals surface area contributed by atoms with Crippen molar-refractivity contribution >= 4 is 71.8 Å². The minimum atomic E-state index is -2.61. The van der Waals surface area contributed by atoms with E-state index in [0.717, 1.165) is 65.0 Å². The topological polar surface area (TPSA) is 197 Å². The third-order valence-electron chi connectivity index (χ3n) is 11.6. The molecule has 0 fully saturated rings. The first-order valence-corrected chi connectivity index (χ1v) is 27.1. The second kappa shape index (κ2) is 26.6. The highest BCUT2D eigenvalue weighted by Gasteiger charge is 2.30. The number of hydrogen-bond acceptors (Lipinski definition) is 10. The average molecular weight is 975 g/mol. The van der Waals surface area contributed by atoms with Gasteiger partial charge < -0.3 is 35.6 Å². The molecule has 4 aromatic rings. The summed E-state index contributed by atoms with van der Waals surface area (Å²) in [7, 11) is 0. The molecule has 0 saturated heterocycles. The summed E-state index contributed by atoms with van der Waals surface area (Å²) in [4.78, 5) is 77.2. The van der Waals surface area contributed by atoms with Gasteiger partial charge in [0.1, 0.15) is 17.8 Å². The molecule has 67 heavy (non-hydrogen) atoms. The smallest absolute Gasteiger partial charge is 0.246 e. The number of benzene rings is 3. The summed E-state index contributed by atoms with van der Waals surface area (Å²) in [6, 6.07) is 21.4. The number of para-hydroxylation sites is 1. The van der Waals surface area contributed by atoms with Crippen molar-refractivity contribution in [3.05, 3.63) is 83.9 Å². The standard InChI is InChI=1S/C49H67N8O7PS2/c1-34(2)45(49(62)51-35(3)48(61)52-38-27-25-36(33-66)26-28-38)53-43(59)23-8-7-16-30-57-47-40-20-11-12-21-41(40)56(32-37-18-9-10-19-39(37)46(47)54-55-57)44(60)24-14-13-22-42(58)50-29-15-5-6-17-31-64-65(4,63)67/h9-12,18-21,25-28,34-35,45,66H,5-8,13-17,22-24,29-33H2,1-4H3,(H,50,58)(H,51,62)(H,52,61)(H,53,59)(H,63,67)/t35-,45-,65?/m0/s1. The Morgan fingerprint density at radius 2 is 1.45 bits per heavy atom. The first-order chi connectivity index (χ1) is 32.1. The van der Waals surface area contributed by atoms with Gasteiger partial charge in [0.15, 0.2) is 6.49 Å². The number of aryl methyl sites for hydroxylation is 1. The predicted molar refractivity (Wildman–Crippen MR) is 271 cm³/mol. The van der Waals surface area contributed by atoms with Crippen LogP contribution in [0.25, 0.3) is 22.5 Å². The van der Waals surface area contributed by atoms with E-state index in [0.29, 0.717) is 76.2 Å². The van der Waals surface area contributed by atoms with Gasteiger partial charge in [0.2, 0.25) is 29.5 Å². The van der Waals surface area contributed by atoms with Crippen LogP contribution in [0.1, 0.15) is 109 Å². The first-order valence-electron chi connectivity index (χ1n) is 23.4. The fraction of sp³-hybridized carbons (Fsp3) is 0.490. The Labute approximate surface area is 405 Å². The van der Waals surface area contributed by atoms with Crippen molar-refractivity contribution in [2.75, 3.05) is 30.0 Å². The van der Waals surface area contributed by atoms with Crippen LogP contribution in [0.2, 0.25) is 0 Å². The van der Waals surface area contributed by atoms with Gasteiger partial charge in [-0.15, -0.1) is 5.10 Å². The molecule has 1 unspecified atom stereocenters. The van der Waals surface area contributed by atoms with Crippen LogP contribution in [0, 0.1) is 5.92 Å². The van der Waals surface area contributed by atoms with E-state index >= 15 is 0 Å². The van der Waals surface area contributed by atoms with Crippen molar-refractivity contribution in [1.29, 1.82) is 0 Å². The molecular weight excluding hydrogens is 908 g/mol. The summed E-state index contributed by atoms with van der Waals surface area (Å²) in [5, 5.41) is 20.7. The lowest BCUT2D eigenvalue weighted by Gasteiger charge is -2.29. The number of hydrogen-bond donors (Lipinski definition) is 6. The molecular formula is C49H67N8O7PS2. The number of nitrogens with zero attached hydrogens (tertiary/aromatic N) is 4. The Kier molecular flexibility index (Phi) is 21.0. The summed E-state index contributed by atoms with van der Waals surface area (Å²) < 4.78 is 7.15. The van der Waals surface area contributed by atoms with Crippen LogP contribution in [0.4, 0.5) is 11.4 Å². The van der Waals surface area contributed by atoms with Crippen molar-refractivity contribution < 1.29 is 33.4 Å². The summed E-state index contributed by atoms with van der Waals surface area (Å²) in [5.41, 5.74) is 6.65. The van der Waals surface area contributed by atoms with Gasteiger partial charge in [-0.25, -0.2) is 4.68 Å². The van der Waals surface area contributed by atoms with Gasteiger partial charge in [0.25, 0.3) is 0 Å². The highest BCUT2D eigenvalue weighted by atomic mass is 32.5. The Hall–Kier alpha value is -4.93. The molecule has 2 heterocycles. The SMILES string of the molecule is CC(C)[C@H](NC(=O)CCCCCn1nnc2c1-c1ccccc1N(C(=O)CCCCC(=O)NCCCCCCOP(C)(O)=S)Cc1ccccc1-2)C(=O)N[C@@H](C)C(=O)Nc1ccc(CS)cc1. The maximum Gasteiger partial charge on any atom is 0.246 e. The van der Waals surface area contributed by atoms with Crippen LogP contribution >= 0.6 is 19.1 Å². The summed E-state index contributed by atoms with van der Waals surface area (Å²) in [6.45, 7) is 6.17. The lowest BCUT2D eigenvalue weighted by molar-refractivity contribution is -0.131. The number of unbranched alkanes of at least 4 members (excludes halogenated alkanes) is 6. The molecule has 1 aliphatic heterocycles. The van der Waals surface area contributed by atoms with E-state index in [1.54, 1.807) is 25.7 Å². The van der Waals surface area contributed by atoms with E-state index in [9.17, 15) is 28.9 Å². The second-order valence-corrected chi connectivity index (χ2v) is 21.7. The van der Waals surface area contributed by atoms with E-state index in [-0.39, 0.29) is 42.4 Å². The molecule has 3 atom stereocenters. The third kappa shape index (κ3) is 16.7. The number of fused-ring (bicyclic) bond motifs is 5. The lowest BCUT2D eigenvalue weighted by Crippen LogP contribution is -2.53. The Bertz CT molecular complexity index is 2340. The normalized spacial score (nSPS) is 13.7. The minimum absolute atomic E-state index is 0.0221. The largest absolute Gasteiger partial charge is 0.356 e. The maximum absolute atomic E-state index is 14.1. The van der Waals surface area contributed by atoms with E-state index in [1.807, 2.05) is 84.1 Å². The molecule has 0 spiro atoms. The highest BCUT2D eigenvalue weighted by molar-refractivity contribution is 8.09. The van der Waals surface area contributed by atoms with Crippen LogP contribution < -0.4 is 26.2 Å². The third-order valence-corrected chi connectivity index (χ3v) is 12.9. The molecule has 1 aromatic heterocycles. The molecule has 5 rings (SSSR count). The Morgan fingerprint density at radius 3 is 2.18 bits per heavy atom. The number of aromatic nitrogens is 3. The van der Waals surface area contributed by atoms with Crippen LogP contribution in [0.3, 0.4) is 0 Å². The molecule has 5 N–H and O–H groups in total. The minimum Gasteiger partial charge on any atom is -0.356 e. The number of carbonyl (C=O) groups is 5. The van der Waals surface area contributed by atoms with Crippen molar-refractivity contribution in [3.63, 3.8) is 0 Å². The fourth-order valence-corrected chi connectivity index (χ4v) is 8.74. The summed E-state index contributed by atoms with van der Waals surface area (Å²) in [5.74, 6) is -0.710. The molecule has 0 bridgehead atoms. The summed E-state index contributed by atoms with van der Waals surface area (Å²) >= 11 is 9.15. The molecule has 18 heteroatoms. The lowest BCUT2D eigenvalue weighted by atomic mass is 9.95. The number of carbonyl (C=O) groups excluding carboxylic acids is 5. The van der Waals surface area contributed by atoms with Crippen LogP contribution in [0.15, 0.2) is 72.8 Å². The zero-order valence-electron chi connectivity index (χ0n) is 39.2. The molecule has 362 valence electrons. The van der Waals surface area contributed by atoms with Gasteiger partial charge in [-0.1, -0.05) is 92.9 Å². The number of rotatable bonds is 26. The highest BCUT2D eigenvalue weighted by Crippen LogP contribution is 2.41. The van der Waals surface area contributed by atoms with Gasteiger partial charge in [-0.05, 0) is 92.5 Å². The van der Waals surface area contributed by atoms with Crippen molar-refractivity contribution in [3.8, 4) is 22.5 Å². The van der Waals surface area contributed by atoms with E-state index in [1.165, 1.54) is 0 Å². The van der Waals surface area contributed by atoms with Gasteiger partial charge in [-0.2, -0.15) is 12.6 Å². The monoisotopic (exact) mass is 974 g/mol. The maximum atomic E-state index is 14.1. The van der Waals surface area contributed by atoms with Crippen LogP contribution in [0.5, 0.6) is 0 Å². The zero-order chi connectivity index (χ0) is 48.3. The van der Waals surface area contributed by atoms with Crippen LogP contribution in [-0.4, -0.2) is 81.3 Å². The second-order valence-electron chi connectivity index (χ2n) is 17.4. The number of nitrogens with one attached hydrogen (secondary N) is 4. The fourth-order valence-electron chi connectivity index (χ4n) is 7.84. The van der Waals surface area contributed by atoms with Gasteiger partial charge in [0.05, 0.1) is 24.5 Å². The quantitative estimate of drug-likeness (QED) is 0.0204. The van der Waals surface area contributed by atoms with Crippen LogP contribution in [-0.2, 0) is 59.1 Å². The molecule has 0 saturated carbocycles. The predicted octanol–water partition coefficient (Wildman–Crippen LogP) is 7.92. The molecule has 15 nitrogen and oxygen atoms in total. The molecule has 5 amide bonds. The molecule has 1 aliphatic rings. The van der Waals surface area contributed by atoms with Gasteiger partial charge >= 0.3 is 0 Å². The first kappa shape index (κ1) is 53.0. The van der Waals surface area contributed by atoms with E-state index in [2.05, 4.69) is 44.2 Å². The van der Waals surface area contributed by atoms with Gasteiger partial charge in [0, 0.05) is 61.6 Å².